The summed E-state index contributed by atoms with van der Waals surface area (Å²) in [4.78, 5) is 0. The lowest BCUT2D eigenvalue weighted by Gasteiger charge is -2.09. The zero-order chi connectivity index (χ0) is 15.0. The van der Waals surface area contributed by atoms with Crippen LogP contribution in [-0.4, -0.2) is 36.2 Å². The molecule has 0 radical (unpaired) electrons. The average molecular weight is 323 g/mol. The van der Waals surface area contributed by atoms with Gasteiger partial charge in [0, 0.05) is 13.1 Å². The molecular weight excluding hydrogens is 310 g/mol. The van der Waals surface area contributed by atoms with Crippen LogP contribution in [0.4, 0.5) is 11.4 Å². The van der Waals surface area contributed by atoms with Crippen molar-refractivity contribution in [3.8, 4) is 11.5 Å². The van der Waals surface area contributed by atoms with Crippen LogP contribution >= 0.6 is 0 Å². The lowest BCUT2D eigenvalue weighted by molar-refractivity contribution is 0.437. The quantitative estimate of drug-likeness (QED) is 0.475. The van der Waals surface area contributed by atoms with Crippen molar-refractivity contribution in [2.24, 2.45) is 0 Å². The molecule has 9 nitrogen and oxygen atoms in total. The van der Waals surface area contributed by atoms with E-state index in [0.717, 1.165) is 6.26 Å². The Bertz CT molecular complexity index is 728. The van der Waals surface area contributed by atoms with Gasteiger partial charge in [0.1, 0.15) is 0 Å². The van der Waals surface area contributed by atoms with E-state index in [0.29, 0.717) is 5.69 Å². The van der Waals surface area contributed by atoms with Crippen LogP contribution in [0.25, 0.3) is 0 Å². The second-order valence-corrected chi connectivity index (χ2v) is 7.01. The fraction of sp³-hybridized carbons (Fsp3) is 0.333. The third kappa shape index (κ3) is 3.43. The second kappa shape index (κ2) is 5.00. The van der Waals surface area contributed by atoms with Gasteiger partial charge in [-0.15, -0.1) is 8.42 Å². The van der Waals surface area contributed by atoms with Gasteiger partial charge in [0.2, 0.25) is 21.5 Å². The fourth-order valence-corrected chi connectivity index (χ4v) is 2.79. The Kier molecular flexibility index (Phi) is 3.67. The molecule has 0 aromatic heterocycles. The number of nitrogen functional groups attached to an aromatic ring is 1. The zero-order valence-corrected chi connectivity index (χ0v) is 12.0. The van der Waals surface area contributed by atoms with Crippen molar-refractivity contribution >= 4 is 31.8 Å². The largest absolute Gasteiger partial charge is 0.501 e. The summed E-state index contributed by atoms with van der Waals surface area (Å²) in [5.74, 6) is -0.115. The number of sulfonamides is 1. The highest BCUT2D eigenvalue weighted by molar-refractivity contribution is 7.88. The number of nitrogens with two attached hydrogens (primary N) is 1. The van der Waals surface area contributed by atoms with E-state index in [2.05, 4.69) is 18.4 Å². The molecule has 1 heterocycles. The van der Waals surface area contributed by atoms with E-state index in [4.69, 9.17) is 5.73 Å². The number of benzene rings is 1. The summed E-state index contributed by atoms with van der Waals surface area (Å²) in [5.41, 5.74) is 6.05. The minimum Gasteiger partial charge on any atom is -0.396 e. The molecule has 0 spiro atoms. The number of anilines is 2. The molecule has 0 aliphatic carbocycles. The Morgan fingerprint density at radius 3 is 2.50 bits per heavy atom. The molecule has 11 heteroatoms. The molecule has 0 atom stereocenters. The molecular formula is C9H13N3O6S2. The average Bonchev–Trinajstić information content (AvgIpc) is 2.62. The van der Waals surface area contributed by atoms with Crippen molar-refractivity contribution in [2.75, 3.05) is 30.4 Å². The molecule has 20 heavy (non-hydrogen) atoms. The van der Waals surface area contributed by atoms with Crippen LogP contribution < -0.4 is 24.1 Å². The van der Waals surface area contributed by atoms with E-state index >= 15 is 0 Å². The number of fused-ring (bicyclic) bond motifs is 1. The van der Waals surface area contributed by atoms with Crippen LogP contribution in [0, 0.1) is 0 Å². The van der Waals surface area contributed by atoms with E-state index in [1.165, 1.54) is 12.1 Å². The summed E-state index contributed by atoms with van der Waals surface area (Å²) in [6, 6.07) is 2.97. The molecule has 0 amide bonds. The van der Waals surface area contributed by atoms with Crippen molar-refractivity contribution in [3.05, 3.63) is 12.1 Å². The standard InChI is InChI=1S/C9H13N3O6S2/c1-19(13,14)12-5-4-11-7-3-2-6(10)8-9(7)18-20(15,16)17-8/h2-3,11-12H,4-5,10H2,1H3. The van der Waals surface area contributed by atoms with Crippen molar-refractivity contribution in [1.82, 2.24) is 4.72 Å². The number of hydrogen-bond donors (Lipinski definition) is 3. The summed E-state index contributed by atoms with van der Waals surface area (Å²) >= 11 is 0. The molecule has 1 aliphatic rings. The number of nitrogens with one attached hydrogen (secondary N) is 2. The van der Waals surface area contributed by atoms with Gasteiger partial charge in [-0.2, -0.15) is 0 Å². The van der Waals surface area contributed by atoms with Crippen molar-refractivity contribution in [1.29, 1.82) is 0 Å². The first-order valence-corrected chi connectivity index (χ1v) is 8.65. The predicted molar refractivity (Wildman–Crippen MR) is 72.4 cm³/mol. The summed E-state index contributed by atoms with van der Waals surface area (Å²) in [6.45, 7) is 0.360. The van der Waals surface area contributed by atoms with Crippen LogP contribution in [0.5, 0.6) is 11.5 Å². The van der Waals surface area contributed by atoms with Gasteiger partial charge in [0.25, 0.3) is 0 Å². The van der Waals surface area contributed by atoms with Crippen LogP contribution in [0.1, 0.15) is 0 Å². The normalized spacial score (nSPS) is 16.1. The monoisotopic (exact) mass is 323 g/mol. The molecule has 0 fully saturated rings. The maximum Gasteiger partial charge on any atom is 0.501 e. The summed E-state index contributed by atoms with van der Waals surface area (Å²) in [6.07, 6.45) is 1.04. The van der Waals surface area contributed by atoms with E-state index in [1.807, 2.05) is 0 Å². The predicted octanol–water partition coefficient (Wildman–Crippen LogP) is -0.754. The van der Waals surface area contributed by atoms with Crippen molar-refractivity contribution < 1.29 is 25.2 Å². The fourth-order valence-electron chi connectivity index (χ4n) is 1.54. The van der Waals surface area contributed by atoms with Crippen LogP contribution in [0.2, 0.25) is 0 Å². The molecule has 0 saturated carbocycles. The first-order valence-electron chi connectivity index (χ1n) is 5.43. The number of rotatable bonds is 5. The topological polar surface area (TPSA) is 137 Å². The van der Waals surface area contributed by atoms with Gasteiger partial charge in [-0.3, -0.25) is 0 Å². The molecule has 0 saturated heterocycles. The molecule has 0 unspecified atom stereocenters. The smallest absolute Gasteiger partial charge is 0.396 e. The first kappa shape index (κ1) is 14.7. The third-order valence-electron chi connectivity index (χ3n) is 2.32. The van der Waals surface area contributed by atoms with Gasteiger partial charge in [0.15, 0.2) is 0 Å². The lowest BCUT2D eigenvalue weighted by atomic mass is 10.2. The minimum absolute atomic E-state index is 0.0376. The lowest BCUT2D eigenvalue weighted by Crippen LogP contribution is -2.27. The number of hydrogen-bond acceptors (Lipinski definition) is 8. The summed E-state index contributed by atoms with van der Waals surface area (Å²) in [7, 11) is -7.41. The molecule has 2 rings (SSSR count). The van der Waals surface area contributed by atoms with Gasteiger partial charge in [-0.05, 0) is 12.1 Å². The zero-order valence-electron chi connectivity index (χ0n) is 10.4. The highest BCUT2D eigenvalue weighted by Crippen LogP contribution is 2.45. The molecule has 1 aliphatic heterocycles. The van der Waals surface area contributed by atoms with Gasteiger partial charge in [-0.25, -0.2) is 13.1 Å². The summed E-state index contributed by atoms with van der Waals surface area (Å²) in [5, 5.41) is 2.83. The van der Waals surface area contributed by atoms with E-state index < -0.39 is 20.4 Å². The Labute approximate surface area is 116 Å². The van der Waals surface area contributed by atoms with Crippen LogP contribution in [0.15, 0.2) is 12.1 Å². The van der Waals surface area contributed by atoms with Gasteiger partial charge < -0.3 is 19.4 Å². The van der Waals surface area contributed by atoms with Crippen molar-refractivity contribution in [3.63, 3.8) is 0 Å². The van der Waals surface area contributed by atoms with Gasteiger partial charge >= 0.3 is 10.4 Å². The maximum atomic E-state index is 11.2. The maximum absolute atomic E-state index is 11.2. The van der Waals surface area contributed by atoms with Gasteiger partial charge in [-0.1, -0.05) is 0 Å². The van der Waals surface area contributed by atoms with E-state index in [9.17, 15) is 16.8 Å². The first-order chi connectivity index (χ1) is 9.18. The Hall–Kier alpha value is -1.72. The molecule has 1 aromatic rings. The van der Waals surface area contributed by atoms with Gasteiger partial charge in [0.05, 0.1) is 17.6 Å². The van der Waals surface area contributed by atoms with E-state index in [1.54, 1.807) is 0 Å². The SMILES string of the molecule is CS(=O)(=O)NCCNc1ccc(N)c2c1OS(=O)(=O)O2. The Morgan fingerprint density at radius 2 is 1.85 bits per heavy atom. The Morgan fingerprint density at radius 1 is 1.20 bits per heavy atom. The highest BCUT2D eigenvalue weighted by atomic mass is 32.3. The highest BCUT2D eigenvalue weighted by Gasteiger charge is 2.33. The Balaban J connectivity index is 2.10. The summed E-state index contributed by atoms with van der Waals surface area (Å²) < 4.78 is 55.8. The molecule has 1 aromatic carbocycles. The van der Waals surface area contributed by atoms with E-state index in [-0.39, 0.29) is 30.3 Å². The molecule has 4 N–H and O–H groups in total. The molecule has 112 valence electrons. The van der Waals surface area contributed by atoms with Crippen molar-refractivity contribution in [2.45, 2.75) is 0 Å². The second-order valence-electron chi connectivity index (χ2n) is 4.03. The van der Waals surface area contributed by atoms with Crippen LogP contribution in [0.3, 0.4) is 0 Å². The van der Waals surface area contributed by atoms with Crippen LogP contribution in [-0.2, 0) is 20.4 Å². The third-order valence-corrected chi connectivity index (χ3v) is 3.79. The molecule has 0 bridgehead atoms. The minimum atomic E-state index is -4.14.